The molecule has 0 aliphatic carbocycles. The van der Waals surface area contributed by atoms with Crippen molar-refractivity contribution in [1.29, 1.82) is 0 Å². The summed E-state index contributed by atoms with van der Waals surface area (Å²) in [4.78, 5) is 33.5. The number of hydrogen-bond acceptors (Lipinski definition) is 8. The molecule has 2 aliphatic heterocycles. The molecule has 2 aliphatic rings. The van der Waals surface area contributed by atoms with Gasteiger partial charge in [0.05, 0.1) is 29.3 Å². The molecular formula is C38H68N2O5SSi2. The van der Waals surface area contributed by atoms with Crippen LogP contribution in [0.3, 0.4) is 0 Å². The summed E-state index contributed by atoms with van der Waals surface area (Å²) in [7, 11) is -4.18. The molecular weight excluding hydrogens is 653 g/mol. The van der Waals surface area contributed by atoms with Gasteiger partial charge in [-0.3, -0.25) is 9.59 Å². The Balaban J connectivity index is 2.05. The number of nitrogens with one attached hydrogen (secondary N) is 1. The van der Waals surface area contributed by atoms with Gasteiger partial charge in [-0.2, -0.15) is 0 Å². The number of Topliss-reactive ketones (excluding diaryl/α,β-unsaturated/α-hetero) is 1. The molecule has 48 heavy (non-hydrogen) atoms. The molecule has 0 amide bonds. The van der Waals surface area contributed by atoms with Gasteiger partial charge in [0, 0.05) is 35.2 Å². The summed E-state index contributed by atoms with van der Waals surface area (Å²) in [6.45, 7) is 25.8. The minimum atomic E-state index is -2.19. The summed E-state index contributed by atoms with van der Waals surface area (Å²) in [6, 6.07) is 6.70. The zero-order valence-corrected chi connectivity index (χ0v) is 35.2. The number of hydrogen-bond donors (Lipinski definition) is 1. The first-order chi connectivity index (χ1) is 22.6. The predicted octanol–water partition coefficient (Wildman–Crippen LogP) is 9.72. The minimum Gasteiger partial charge on any atom is -0.458 e. The van der Waals surface area contributed by atoms with Crippen molar-refractivity contribution in [3.8, 4) is 0 Å². The van der Waals surface area contributed by atoms with Crippen molar-refractivity contribution in [2.45, 2.75) is 182 Å². The number of rotatable bonds is 12. The van der Waals surface area contributed by atoms with E-state index in [2.05, 4.69) is 71.8 Å². The highest BCUT2D eigenvalue weighted by molar-refractivity contribution is 7.09. The Kier molecular flexibility index (Phi) is 15.3. The number of ketones is 1. The fourth-order valence-electron chi connectivity index (χ4n) is 7.89. The van der Waals surface area contributed by atoms with Gasteiger partial charge in [-0.15, -0.1) is 11.3 Å². The van der Waals surface area contributed by atoms with Crippen molar-refractivity contribution < 1.29 is 23.2 Å². The van der Waals surface area contributed by atoms with Crippen molar-refractivity contribution >= 4 is 45.8 Å². The van der Waals surface area contributed by atoms with Gasteiger partial charge in [-0.1, -0.05) is 75.7 Å². The molecule has 2 fully saturated rings. The summed E-state index contributed by atoms with van der Waals surface area (Å²) in [5.74, 6) is -0.224. The van der Waals surface area contributed by atoms with E-state index in [0.717, 1.165) is 78.2 Å². The number of nitrogens with zero attached hydrogens (tertiary/aromatic N) is 1. The molecule has 0 aromatic carbocycles. The van der Waals surface area contributed by atoms with E-state index in [1.165, 1.54) is 0 Å². The van der Waals surface area contributed by atoms with E-state index in [4.69, 9.17) is 13.6 Å². The molecule has 0 spiro atoms. The zero-order chi connectivity index (χ0) is 35.9. The second kappa shape index (κ2) is 17.8. The number of thiazole rings is 1. The summed E-state index contributed by atoms with van der Waals surface area (Å²) >= 11 is 1.62. The second-order valence-corrected chi connectivity index (χ2v) is 25.9. The maximum atomic E-state index is 14.9. The summed E-state index contributed by atoms with van der Waals surface area (Å²) in [5, 5.41) is 6.74. The van der Waals surface area contributed by atoms with E-state index in [-0.39, 0.29) is 42.2 Å². The fraction of sp³-hybridized carbons (Fsp3) is 0.816. The van der Waals surface area contributed by atoms with Gasteiger partial charge in [0.15, 0.2) is 16.6 Å². The van der Waals surface area contributed by atoms with Crippen LogP contribution in [-0.2, 0) is 23.2 Å². The lowest BCUT2D eigenvalue weighted by molar-refractivity contribution is -0.153. The van der Waals surface area contributed by atoms with E-state index in [1.807, 2.05) is 33.1 Å². The van der Waals surface area contributed by atoms with Crippen LogP contribution in [0, 0.1) is 24.2 Å². The highest BCUT2D eigenvalue weighted by Gasteiger charge is 2.49. The predicted molar refractivity (Wildman–Crippen MR) is 205 cm³/mol. The molecule has 1 aromatic rings. The Bertz CT molecular complexity index is 1210. The van der Waals surface area contributed by atoms with E-state index >= 15 is 0 Å². The largest absolute Gasteiger partial charge is 0.458 e. The normalized spacial score (nSPS) is 29.8. The summed E-state index contributed by atoms with van der Waals surface area (Å²) < 4.78 is 20.7. The van der Waals surface area contributed by atoms with Crippen LogP contribution < -0.4 is 5.32 Å². The lowest BCUT2D eigenvalue weighted by atomic mass is 9.73. The van der Waals surface area contributed by atoms with Gasteiger partial charge < -0.3 is 18.9 Å². The molecule has 0 radical (unpaired) electrons. The highest BCUT2D eigenvalue weighted by atomic mass is 32.1. The second-order valence-electron chi connectivity index (χ2n) is 15.4. The van der Waals surface area contributed by atoms with E-state index in [9.17, 15) is 9.59 Å². The van der Waals surface area contributed by atoms with Gasteiger partial charge >= 0.3 is 5.97 Å². The van der Waals surface area contributed by atoms with Crippen molar-refractivity contribution in [3.63, 3.8) is 0 Å². The molecule has 10 heteroatoms. The summed E-state index contributed by atoms with van der Waals surface area (Å²) in [5.41, 5.74) is 0.995. The van der Waals surface area contributed by atoms with Crippen LogP contribution in [0.4, 0.5) is 0 Å². The number of carbonyl (C=O) groups is 2. The Hall–Kier alpha value is -1.18. The maximum absolute atomic E-state index is 14.9. The third-order valence-corrected chi connectivity index (χ3v) is 22.2. The molecule has 3 heterocycles. The Morgan fingerprint density at radius 2 is 1.56 bits per heavy atom. The molecule has 0 saturated carbocycles. The average molecular weight is 721 g/mol. The Labute approximate surface area is 299 Å². The van der Waals surface area contributed by atoms with Crippen LogP contribution in [0.1, 0.15) is 119 Å². The molecule has 3 rings (SSSR count). The molecule has 1 aromatic heterocycles. The first-order valence-corrected chi connectivity index (χ1v) is 25.0. The number of aryl methyl sites for hydroxylation is 1. The number of esters is 1. The third kappa shape index (κ3) is 10.2. The lowest BCUT2D eigenvalue weighted by Crippen LogP contribution is -2.53. The Morgan fingerprint density at radius 3 is 2.10 bits per heavy atom. The third-order valence-electron chi connectivity index (χ3n) is 12.1. The lowest BCUT2D eigenvalue weighted by Gasteiger charge is -2.44. The Morgan fingerprint density at radius 1 is 0.979 bits per heavy atom. The highest BCUT2D eigenvalue weighted by Crippen LogP contribution is 2.40. The smallest absolute Gasteiger partial charge is 0.309 e. The number of fused-ring (bicyclic) bond motifs is 1. The topological polar surface area (TPSA) is 96.7 Å². The van der Waals surface area contributed by atoms with Crippen LogP contribution in [0.15, 0.2) is 11.0 Å². The minimum absolute atomic E-state index is 0.0555. The van der Waals surface area contributed by atoms with Gasteiger partial charge in [-0.05, 0) is 80.5 Å². The number of aromatic nitrogens is 1. The van der Waals surface area contributed by atoms with E-state index in [1.54, 1.807) is 11.3 Å². The van der Waals surface area contributed by atoms with Gasteiger partial charge in [0.2, 0.25) is 0 Å². The van der Waals surface area contributed by atoms with Gasteiger partial charge in [0.25, 0.3) is 0 Å². The number of cyclic esters (lactones) is 1. The molecule has 2 saturated heterocycles. The fourth-order valence-corrected chi connectivity index (χ4v) is 14.5. The van der Waals surface area contributed by atoms with E-state index < -0.39 is 28.2 Å². The van der Waals surface area contributed by atoms with Gasteiger partial charge in [-0.25, -0.2) is 4.98 Å². The molecule has 1 N–H and O–H groups in total. The van der Waals surface area contributed by atoms with Crippen LogP contribution in [-0.4, -0.2) is 63.8 Å². The van der Waals surface area contributed by atoms with E-state index in [0.29, 0.717) is 12.1 Å². The van der Waals surface area contributed by atoms with Crippen molar-refractivity contribution in [1.82, 2.24) is 10.3 Å². The first-order valence-electron chi connectivity index (χ1n) is 19.1. The average Bonchev–Trinajstić information content (AvgIpc) is 3.68. The maximum Gasteiger partial charge on any atom is 0.309 e. The number of carbonyl (C=O) groups excluding carboxylic acids is 2. The van der Waals surface area contributed by atoms with Crippen molar-refractivity contribution in [2.75, 3.05) is 0 Å². The van der Waals surface area contributed by atoms with Gasteiger partial charge in [0.1, 0.15) is 11.9 Å². The SMILES string of the molecule is CC[Si](CC)(CC)OC1C(C)CCCC2NC2CC(C(C)=Cc2csc(C)n2)OC(=O)CC(O[Si](CC)(CC)CC)C(C)(C)C(=O)C1C. The van der Waals surface area contributed by atoms with Crippen molar-refractivity contribution in [3.05, 3.63) is 21.7 Å². The summed E-state index contributed by atoms with van der Waals surface area (Å²) in [6.07, 6.45) is 4.90. The monoisotopic (exact) mass is 720 g/mol. The molecule has 7 nitrogen and oxygen atoms in total. The molecule has 274 valence electrons. The van der Waals surface area contributed by atoms with Crippen molar-refractivity contribution in [2.24, 2.45) is 17.3 Å². The molecule has 7 unspecified atom stereocenters. The molecule has 7 atom stereocenters. The quantitative estimate of drug-likeness (QED) is 0.130. The zero-order valence-electron chi connectivity index (χ0n) is 32.4. The first kappa shape index (κ1) is 41.2. The molecule has 0 bridgehead atoms. The standard InChI is InChI=1S/C38H68N2O5SSi2/c1-13-47(14-2,15-3)44-34-24-35(41)43-33(27(8)22-30-25-46-29(10)39-30)23-32-31(40-32)21-19-20-26(7)36(28(9)37(42)38(34,11)12)45-48(16-4,17-5)18-6/h22,25-26,28,31-34,36,40H,13-21,23-24H2,1-12H3. The van der Waals surface area contributed by atoms with Crippen LogP contribution >= 0.6 is 11.3 Å². The van der Waals surface area contributed by atoms with Crippen LogP contribution in [0.5, 0.6) is 0 Å². The number of ether oxygens (including phenoxy) is 1. The van der Waals surface area contributed by atoms with Crippen LogP contribution in [0.2, 0.25) is 36.3 Å². The van der Waals surface area contributed by atoms with Crippen LogP contribution in [0.25, 0.3) is 6.08 Å².